The van der Waals surface area contributed by atoms with Crippen LogP contribution in [0.3, 0.4) is 0 Å². The third-order valence-corrected chi connectivity index (χ3v) is 6.33. The maximum absolute atomic E-state index is 12.6. The van der Waals surface area contributed by atoms with E-state index in [1.54, 1.807) is 0 Å². The van der Waals surface area contributed by atoms with Gasteiger partial charge < -0.3 is 10.1 Å². The lowest BCUT2D eigenvalue weighted by atomic mass is 9.91. The second-order valence-corrected chi connectivity index (χ2v) is 8.57. The first-order valence-corrected chi connectivity index (χ1v) is 11.9. The number of nitrogens with zero attached hydrogens (tertiary/aromatic N) is 1. The number of nitrogens with one attached hydrogen (secondary N) is 1. The van der Waals surface area contributed by atoms with Gasteiger partial charge in [-0.25, -0.2) is 0 Å². The largest absolute Gasteiger partial charge is 0.469 e. The molecule has 0 spiro atoms. The van der Waals surface area contributed by atoms with E-state index in [0.717, 1.165) is 51.6 Å². The molecule has 0 unspecified atom stereocenters. The van der Waals surface area contributed by atoms with Gasteiger partial charge in [0.15, 0.2) is 0 Å². The molecule has 5 heteroatoms. The number of carbonyl (C=O) groups is 2. The number of esters is 1. The Kier molecular flexibility index (Phi) is 9.76. The maximum Gasteiger partial charge on any atom is 0.305 e. The SMILES string of the molecule is COC(=O)CCCCCCNC(=O)C1CCN(C(c2ccccc2)c2ccccc2)CC1. The monoisotopic (exact) mass is 436 g/mol. The van der Waals surface area contributed by atoms with E-state index in [4.69, 9.17) is 0 Å². The Labute approximate surface area is 192 Å². The van der Waals surface area contributed by atoms with E-state index in [1.807, 2.05) is 0 Å². The number of rotatable bonds is 11. The van der Waals surface area contributed by atoms with Crippen LogP contribution in [0.1, 0.15) is 62.1 Å². The summed E-state index contributed by atoms with van der Waals surface area (Å²) in [6.45, 7) is 2.55. The number of hydrogen-bond acceptors (Lipinski definition) is 4. The number of ether oxygens (including phenoxy) is 1. The molecule has 3 rings (SSSR count). The zero-order valence-corrected chi connectivity index (χ0v) is 19.2. The van der Waals surface area contributed by atoms with Crippen LogP contribution in [0.15, 0.2) is 60.7 Å². The summed E-state index contributed by atoms with van der Waals surface area (Å²) in [6.07, 6.45) is 6.07. The Morgan fingerprint density at radius 3 is 2.03 bits per heavy atom. The summed E-state index contributed by atoms with van der Waals surface area (Å²) >= 11 is 0. The molecule has 1 aliphatic heterocycles. The molecule has 2 aromatic carbocycles. The summed E-state index contributed by atoms with van der Waals surface area (Å²) in [5.74, 6) is 0.138. The van der Waals surface area contributed by atoms with Crippen molar-refractivity contribution in [3.63, 3.8) is 0 Å². The molecule has 1 amide bonds. The highest BCUT2D eigenvalue weighted by atomic mass is 16.5. The summed E-state index contributed by atoms with van der Waals surface area (Å²) in [6, 6.07) is 21.5. The van der Waals surface area contributed by atoms with Crippen LogP contribution in [0.5, 0.6) is 0 Å². The van der Waals surface area contributed by atoms with E-state index in [0.29, 0.717) is 13.0 Å². The summed E-state index contributed by atoms with van der Waals surface area (Å²) in [5.41, 5.74) is 2.60. The van der Waals surface area contributed by atoms with Crippen molar-refractivity contribution in [2.75, 3.05) is 26.7 Å². The van der Waals surface area contributed by atoms with E-state index >= 15 is 0 Å². The zero-order chi connectivity index (χ0) is 22.6. The van der Waals surface area contributed by atoms with E-state index in [-0.39, 0.29) is 23.8 Å². The standard InChI is InChI=1S/C27H36N2O3/c1-32-25(30)16-10-2-3-11-19-28-27(31)24-17-20-29(21-18-24)26(22-12-6-4-7-13-22)23-14-8-5-9-15-23/h4-9,12-15,24,26H,2-3,10-11,16-21H2,1H3,(H,28,31). The third-order valence-electron chi connectivity index (χ3n) is 6.33. The van der Waals surface area contributed by atoms with Gasteiger partial charge in [-0.15, -0.1) is 0 Å². The number of unbranched alkanes of at least 4 members (excludes halogenated alkanes) is 3. The minimum Gasteiger partial charge on any atom is -0.469 e. The number of piperidine rings is 1. The van der Waals surface area contributed by atoms with Crippen molar-refractivity contribution in [1.29, 1.82) is 0 Å². The van der Waals surface area contributed by atoms with Crippen molar-refractivity contribution in [3.8, 4) is 0 Å². The van der Waals surface area contributed by atoms with Gasteiger partial charge in [0.25, 0.3) is 0 Å². The quantitative estimate of drug-likeness (QED) is 0.409. The first-order chi connectivity index (χ1) is 15.7. The number of hydrogen-bond donors (Lipinski definition) is 1. The number of methoxy groups -OCH3 is 1. The average molecular weight is 437 g/mol. The van der Waals surface area contributed by atoms with Crippen LogP contribution < -0.4 is 5.32 Å². The van der Waals surface area contributed by atoms with Gasteiger partial charge in [0, 0.05) is 18.9 Å². The minimum atomic E-state index is -0.147. The topological polar surface area (TPSA) is 58.6 Å². The van der Waals surface area contributed by atoms with E-state index < -0.39 is 0 Å². The van der Waals surface area contributed by atoms with Gasteiger partial charge in [-0.2, -0.15) is 0 Å². The van der Waals surface area contributed by atoms with Crippen molar-refractivity contribution < 1.29 is 14.3 Å². The maximum atomic E-state index is 12.6. The molecular formula is C27H36N2O3. The Hall–Kier alpha value is -2.66. The molecule has 0 radical (unpaired) electrons. The Morgan fingerprint density at radius 1 is 0.906 bits per heavy atom. The molecule has 2 aromatic rings. The summed E-state index contributed by atoms with van der Waals surface area (Å²) in [4.78, 5) is 26.3. The first-order valence-electron chi connectivity index (χ1n) is 11.9. The molecule has 32 heavy (non-hydrogen) atoms. The van der Waals surface area contributed by atoms with Gasteiger partial charge in [0.2, 0.25) is 5.91 Å². The summed E-state index contributed by atoms with van der Waals surface area (Å²) in [7, 11) is 1.42. The molecule has 1 saturated heterocycles. The lowest BCUT2D eigenvalue weighted by Crippen LogP contribution is -2.42. The molecule has 1 heterocycles. The Morgan fingerprint density at radius 2 is 1.47 bits per heavy atom. The Bertz CT molecular complexity index is 778. The fourth-order valence-electron chi connectivity index (χ4n) is 4.51. The average Bonchev–Trinajstić information content (AvgIpc) is 2.85. The molecule has 0 aliphatic carbocycles. The smallest absolute Gasteiger partial charge is 0.305 e. The van der Waals surface area contributed by atoms with Crippen molar-refractivity contribution in [1.82, 2.24) is 10.2 Å². The van der Waals surface area contributed by atoms with Crippen LogP contribution in [0.2, 0.25) is 0 Å². The lowest BCUT2D eigenvalue weighted by molar-refractivity contribution is -0.140. The third kappa shape index (κ3) is 7.20. The molecule has 172 valence electrons. The Balaban J connectivity index is 1.43. The predicted octanol–water partition coefficient (Wildman–Crippen LogP) is 4.73. The molecule has 0 atom stereocenters. The van der Waals surface area contributed by atoms with Crippen molar-refractivity contribution in [3.05, 3.63) is 71.8 Å². The van der Waals surface area contributed by atoms with Gasteiger partial charge in [0.05, 0.1) is 13.2 Å². The van der Waals surface area contributed by atoms with Crippen LogP contribution in [-0.4, -0.2) is 43.5 Å². The second-order valence-electron chi connectivity index (χ2n) is 8.57. The summed E-state index contributed by atoms with van der Waals surface area (Å²) < 4.78 is 4.65. The van der Waals surface area contributed by atoms with Gasteiger partial charge in [-0.3, -0.25) is 14.5 Å². The fraction of sp³-hybridized carbons (Fsp3) is 0.481. The zero-order valence-electron chi connectivity index (χ0n) is 19.2. The predicted molar refractivity (Wildman–Crippen MR) is 127 cm³/mol. The highest BCUT2D eigenvalue weighted by Crippen LogP contribution is 2.32. The molecule has 0 aromatic heterocycles. The minimum absolute atomic E-state index is 0.0952. The number of likely N-dealkylation sites (tertiary alicyclic amines) is 1. The highest BCUT2D eigenvalue weighted by Gasteiger charge is 2.30. The normalized spacial score (nSPS) is 14.9. The molecule has 0 saturated carbocycles. The number of benzene rings is 2. The van der Waals surface area contributed by atoms with Gasteiger partial charge in [-0.1, -0.05) is 73.5 Å². The van der Waals surface area contributed by atoms with Crippen LogP contribution in [0, 0.1) is 5.92 Å². The highest BCUT2D eigenvalue weighted by molar-refractivity contribution is 5.78. The van der Waals surface area contributed by atoms with Crippen molar-refractivity contribution in [2.45, 2.75) is 51.0 Å². The van der Waals surface area contributed by atoms with Crippen LogP contribution in [-0.2, 0) is 14.3 Å². The van der Waals surface area contributed by atoms with E-state index in [2.05, 4.69) is 75.6 Å². The van der Waals surface area contributed by atoms with Crippen LogP contribution in [0.25, 0.3) is 0 Å². The fourth-order valence-corrected chi connectivity index (χ4v) is 4.51. The van der Waals surface area contributed by atoms with Crippen LogP contribution in [0.4, 0.5) is 0 Å². The molecule has 1 aliphatic rings. The first kappa shape index (κ1) is 24.0. The number of amides is 1. The second kappa shape index (κ2) is 13.0. The van der Waals surface area contributed by atoms with Gasteiger partial charge in [-0.05, 0) is 49.9 Å². The summed E-state index contributed by atoms with van der Waals surface area (Å²) in [5, 5.41) is 3.12. The molecule has 1 fully saturated rings. The van der Waals surface area contributed by atoms with Gasteiger partial charge >= 0.3 is 5.97 Å². The van der Waals surface area contributed by atoms with Crippen molar-refractivity contribution in [2.24, 2.45) is 5.92 Å². The van der Waals surface area contributed by atoms with E-state index in [1.165, 1.54) is 18.2 Å². The molecule has 0 bridgehead atoms. The van der Waals surface area contributed by atoms with Gasteiger partial charge in [0.1, 0.15) is 0 Å². The molecular weight excluding hydrogens is 400 g/mol. The number of carbonyl (C=O) groups excluding carboxylic acids is 2. The van der Waals surface area contributed by atoms with Crippen LogP contribution >= 0.6 is 0 Å². The molecule has 5 nitrogen and oxygen atoms in total. The molecule has 1 N–H and O–H groups in total. The van der Waals surface area contributed by atoms with E-state index in [9.17, 15) is 9.59 Å². The lowest BCUT2D eigenvalue weighted by Gasteiger charge is -2.37. The van der Waals surface area contributed by atoms with Crippen molar-refractivity contribution >= 4 is 11.9 Å².